The zero-order valence-corrected chi connectivity index (χ0v) is 23.6. The van der Waals surface area contributed by atoms with Gasteiger partial charge < -0.3 is 10.2 Å². The molecule has 0 saturated carbocycles. The number of carbonyl (C=O) groups is 3. The van der Waals surface area contributed by atoms with E-state index >= 15 is 0 Å². The minimum atomic E-state index is -3.96. The number of rotatable bonds is 9. The second-order valence-corrected chi connectivity index (χ2v) is 12.6. The largest absolute Gasteiger partial charge is 0.350 e. The molecule has 2 aromatic carbocycles. The molecular weight excluding hydrogens is 537 g/mol. The number of amides is 3. The number of hydrogen-bond acceptors (Lipinski definition) is 5. The maximum absolute atomic E-state index is 13.5. The summed E-state index contributed by atoms with van der Waals surface area (Å²) in [6, 6.07) is 10.2. The Kier molecular flexibility index (Phi) is 8.93. The molecule has 0 aliphatic carbocycles. The van der Waals surface area contributed by atoms with Crippen molar-refractivity contribution in [3.63, 3.8) is 0 Å². The Labute approximate surface area is 228 Å². The fraction of sp³-hybridized carbons (Fsp3) is 0.423. The van der Waals surface area contributed by atoms with Gasteiger partial charge in [0.1, 0.15) is 10.9 Å². The average Bonchev–Trinajstić information content (AvgIpc) is 2.99. The number of carbonyl (C=O) groups excluding carboxylic acids is 3. The third-order valence-electron chi connectivity index (χ3n) is 5.90. The first-order chi connectivity index (χ1) is 17.3. The monoisotopic (exact) mass is 567 g/mol. The van der Waals surface area contributed by atoms with E-state index in [-0.39, 0.29) is 48.2 Å². The van der Waals surface area contributed by atoms with E-state index in [0.29, 0.717) is 22.0 Å². The topological polar surface area (TPSA) is 104 Å². The van der Waals surface area contributed by atoms with Gasteiger partial charge in [0.15, 0.2) is 0 Å². The van der Waals surface area contributed by atoms with Gasteiger partial charge >= 0.3 is 0 Å². The van der Waals surface area contributed by atoms with Crippen molar-refractivity contribution in [2.24, 2.45) is 0 Å². The summed E-state index contributed by atoms with van der Waals surface area (Å²) in [5.41, 5.74) is 0.239. The number of nitrogens with zero attached hydrogens (tertiary/aromatic N) is 2. The van der Waals surface area contributed by atoms with Crippen LogP contribution in [-0.4, -0.2) is 53.5 Å². The minimum Gasteiger partial charge on any atom is -0.350 e. The molecule has 1 aliphatic heterocycles. The molecular formula is C26H31Cl2N3O5S. The highest BCUT2D eigenvalue weighted by atomic mass is 35.5. The molecule has 11 heteroatoms. The first-order valence-corrected chi connectivity index (χ1v) is 14.2. The first-order valence-electron chi connectivity index (χ1n) is 12.0. The van der Waals surface area contributed by atoms with Crippen molar-refractivity contribution in [2.45, 2.75) is 70.0 Å². The molecule has 2 aromatic rings. The normalized spacial score (nSPS) is 15.3. The number of halogens is 2. The SMILES string of the molecule is CC[C@H](C(=O)NC(C)(C)C)N(Cc1ccc(Cl)cc1Cl)C(=O)CCCN1C(=O)c2ccccc2S1(=O)=O. The van der Waals surface area contributed by atoms with Gasteiger partial charge in [-0.25, -0.2) is 12.7 Å². The van der Waals surface area contributed by atoms with Crippen LogP contribution in [0.25, 0.3) is 0 Å². The van der Waals surface area contributed by atoms with Crippen molar-refractivity contribution in [1.29, 1.82) is 0 Å². The van der Waals surface area contributed by atoms with Crippen molar-refractivity contribution >= 4 is 50.9 Å². The number of fused-ring (bicyclic) bond motifs is 1. The van der Waals surface area contributed by atoms with E-state index in [9.17, 15) is 22.8 Å². The Hall–Kier alpha value is -2.62. The average molecular weight is 569 g/mol. The Bertz CT molecular complexity index is 1310. The van der Waals surface area contributed by atoms with Crippen LogP contribution in [0.2, 0.25) is 10.0 Å². The summed E-state index contributed by atoms with van der Waals surface area (Å²) in [5.74, 6) is -1.27. The highest BCUT2D eigenvalue weighted by molar-refractivity contribution is 7.90. The quantitative estimate of drug-likeness (QED) is 0.475. The van der Waals surface area contributed by atoms with Crippen molar-refractivity contribution in [1.82, 2.24) is 14.5 Å². The Morgan fingerprint density at radius 3 is 2.38 bits per heavy atom. The lowest BCUT2D eigenvalue weighted by molar-refractivity contribution is -0.142. The van der Waals surface area contributed by atoms with Crippen LogP contribution in [0.15, 0.2) is 47.4 Å². The molecule has 3 amide bonds. The molecule has 0 aromatic heterocycles. The molecule has 1 N–H and O–H groups in total. The molecule has 200 valence electrons. The molecule has 0 unspecified atom stereocenters. The summed E-state index contributed by atoms with van der Waals surface area (Å²) in [6.45, 7) is 7.28. The predicted octanol–water partition coefficient (Wildman–Crippen LogP) is 4.64. The predicted molar refractivity (Wildman–Crippen MR) is 143 cm³/mol. The van der Waals surface area contributed by atoms with Crippen molar-refractivity contribution in [3.8, 4) is 0 Å². The summed E-state index contributed by atoms with van der Waals surface area (Å²) in [5, 5.41) is 3.73. The number of nitrogens with one attached hydrogen (secondary N) is 1. The summed E-state index contributed by atoms with van der Waals surface area (Å²) < 4.78 is 26.4. The van der Waals surface area contributed by atoms with Crippen LogP contribution in [0.5, 0.6) is 0 Å². The van der Waals surface area contributed by atoms with E-state index in [2.05, 4.69) is 5.32 Å². The first kappa shape index (κ1) is 28.9. The molecule has 0 saturated heterocycles. The molecule has 1 heterocycles. The standard InChI is InChI=1S/C26H31Cl2N3O5S/c1-5-21(24(33)29-26(2,3)4)30(16-17-12-13-18(27)15-20(17)28)23(32)11-8-14-31-25(34)19-9-6-7-10-22(19)37(31,35)36/h6-7,9-10,12-13,15,21H,5,8,11,14,16H2,1-4H3,(H,29,33)/t21-/m1/s1. The number of hydrogen-bond donors (Lipinski definition) is 1. The van der Waals surface area contributed by atoms with Gasteiger partial charge in [-0.15, -0.1) is 0 Å². The van der Waals surface area contributed by atoms with E-state index < -0.39 is 27.5 Å². The molecule has 0 fully saturated rings. The fourth-order valence-electron chi connectivity index (χ4n) is 4.18. The fourth-order valence-corrected chi connectivity index (χ4v) is 6.25. The summed E-state index contributed by atoms with van der Waals surface area (Å²) in [4.78, 5) is 40.7. The van der Waals surface area contributed by atoms with Crippen LogP contribution in [0.3, 0.4) is 0 Å². The van der Waals surface area contributed by atoms with Crippen LogP contribution in [-0.2, 0) is 26.2 Å². The van der Waals surface area contributed by atoms with Gasteiger partial charge in [-0.3, -0.25) is 14.4 Å². The van der Waals surface area contributed by atoms with Crippen LogP contribution in [0.1, 0.15) is 62.9 Å². The third-order valence-corrected chi connectivity index (χ3v) is 8.33. The number of sulfonamides is 1. The molecule has 0 radical (unpaired) electrons. The third kappa shape index (κ3) is 6.64. The van der Waals surface area contributed by atoms with E-state index in [1.165, 1.54) is 17.0 Å². The smallest absolute Gasteiger partial charge is 0.269 e. The van der Waals surface area contributed by atoms with Crippen LogP contribution in [0, 0.1) is 0 Å². The minimum absolute atomic E-state index is 0.0322. The zero-order valence-electron chi connectivity index (χ0n) is 21.3. The summed E-state index contributed by atoms with van der Waals surface area (Å²) in [7, 11) is -3.96. The zero-order chi connectivity index (χ0) is 27.5. The van der Waals surface area contributed by atoms with Gasteiger partial charge in [-0.05, 0) is 63.4 Å². The maximum Gasteiger partial charge on any atom is 0.269 e. The second-order valence-electron chi connectivity index (χ2n) is 9.90. The van der Waals surface area contributed by atoms with Gasteiger partial charge in [-0.1, -0.05) is 48.3 Å². The van der Waals surface area contributed by atoms with Gasteiger partial charge in [-0.2, -0.15) is 0 Å². The van der Waals surface area contributed by atoms with Gasteiger partial charge in [0, 0.05) is 35.1 Å². The summed E-state index contributed by atoms with van der Waals surface area (Å²) >= 11 is 12.4. The molecule has 0 bridgehead atoms. The van der Waals surface area contributed by atoms with Gasteiger partial charge in [0.2, 0.25) is 11.8 Å². The van der Waals surface area contributed by atoms with E-state index in [1.807, 2.05) is 27.7 Å². The van der Waals surface area contributed by atoms with Crippen molar-refractivity contribution < 1.29 is 22.8 Å². The van der Waals surface area contributed by atoms with Gasteiger partial charge in [0.05, 0.1) is 5.56 Å². The highest BCUT2D eigenvalue weighted by Gasteiger charge is 2.40. The highest BCUT2D eigenvalue weighted by Crippen LogP contribution is 2.30. The molecule has 3 rings (SSSR count). The second kappa shape index (κ2) is 11.4. The van der Waals surface area contributed by atoms with E-state index in [0.717, 1.165) is 4.31 Å². The van der Waals surface area contributed by atoms with E-state index in [1.54, 1.807) is 30.3 Å². The Balaban J connectivity index is 1.79. The number of benzene rings is 2. The molecule has 1 aliphatic rings. The van der Waals surface area contributed by atoms with Crippen molar-refractivity contribution in [2.75, 3.05) is 6.54 Å². The molecule has 8 nitrogen and oxygen atoms in total. The molecule has 0 spiro atoms. The van der Waals surface area contributed by atoms with Crippen LogP contribution >= 0.6 is 23.2 Å². The lowest BCUT2D eigenvalue weighted by atomic mass is 10.0. The maximum atomic E-state index is 13.5. The molecule has 1 atom stereocenters. The van der Waals surface area contributed by atoms with E-state index in [4.69, 9.17) is 23.2 Å². The molecule has 37 heavy (non-hydrogen) atoms. The van der Waals surface area contributed by atoms with Crippen LogP contribution < -0.4 is 5.32 Å². The van der Waals surface area contributed by atoms with Gasteiger partial charge in [0.25, 0.3) is 15.9 Å². The Morgan fingerprint density at radius 1 is 1.11 bits per heavy atom. The summed E-state index contributed by atoms with van der Waals surface area (Å²) in [6.07, 6.45) is 0.382. The lowest BCUT2D eigenvalue weighted by Gasteiger charge is -2.33. The Morgan fingerprint density at radius 2 is 1.78 bits per heavy atom. The van der Waals surface area contributed by atoms with Crippen molar-refractivity contribution in [3.05, 3.63) is 63.6 Å². The van der Waals surface area contributed by atoms with Crippen LogP contribution in [0.4, 0.5) is 0 Å². The lowest BCUT2D eigenvalue weighted by Crippen LogP contribution is -2.53.